The number of ether oxygens (including phenoxy) is 2. The molecule has 5 aromatic rings. The number of methoxy groups -OCH3 is 1. The highest BCUT2D eigenvalue weighted by Gasteiger charge is 2.38. The highest BCUT2D eigenvalue weighted by Crippen LogP contribution is 2.43. The average molecular weight is 691 g/mol. The monoisotopic (exact) mass is 690 g/mol. The average Bonchev–Trinajstić information content (AvgIpc) is 3.59. The van der Waals surface area contributed by atoms with E-state index in [9.17, 15) is 18.0 Å². The number of hydrogen-bond acceptors (Lipinski definition) is 9. The summed E-state index contributed by atoms with van der Waals surface area (Å²) >= 11 is 6.95. The van der Waals surface area contributed by atoms with Gasteiger partial charge >= 0.3 is 6.18 Å². The molecule has 0 radical (unpaired) electrons. The number of benzene rings is 3. The van der Waals surface area contributed by atoms with Crippen LogP contribution >= 0.6 is 11.6 Å². The van der Waals surface area contributed by atoms with Gasteiger partial charge in [-0.3, -0.25) is 9.89 Å². The van der Waals surface area contributed by atoms with E-state index in [-0.39, 0.29) is 22.9 Å². The molecule has 0 aliphatic carbocycles. The lowest BCUT2D eigenvalue weighted by molar-refractivity contribution is -0.126. The maximum absolute atomic E-state index is 14.3. The third kappa shape index (κ3) is 6.85. The van der Waals surface area contributed by atoms with Crippen LogP contribution in [0.15, 0.2) is 90.5 Å². The van der Waals surface area contributed by atoms with Crippen LogP contribution < -0.4 is 20.1 Å². The molecule has 3 heterocycles. The van der Waals surface area contributed by atoms with E-state index in [4.69, 9.17) is 26.8 Å². The Kier molecular flexibility index (Phi) is 9.40. The number of rotatable bonds is 9. The number of hydrogen-bond donors (Lipinski definition) is 2. The van der Waals surface area contributed by atoms with Crippen LogP contribution in [0.3, 0.4) is 0 Å². The number of nitrogens with two attached hydrogens (primary N) is 1. The lowest BCUT2D eigenvalue weighted by Gasteiger charge is -2.35. The van der Waals surface area contributed by atoms with Crippen LogP contribution in [0.4, 0.5) is 24.7 Å². The molecule has 0 atom stereocenters. The van der Waals surface area contributed by atoms with Crippen LogP contribution in [0, 0.1) is 0 Å². The molecule has 0 bridgehead atoms. The number of anilines is 1. The van der Waals surface area contributed by atoms with Crippen molar-refractivity contribution in [3.05, 3.63) is 90.5 Å². The lowest BCUT2D eigenvalue weighted by atomic mass is 9.99. The SMILES string of the molecule is C=CC(=O)N1CCN(c2ncnc3cc(-c4c(OCC(=CN)C(=Nc5ccc(OC)cc5)C(F)(F)F)ccc5[nH]ncc45)c(Cl)cc23)CC1. The van der Waals surface area contributed by atoms with Gasteiger partial charge in [-0.1, -0.05) is 18.2 Å². The molecular weight excluding hydrogens is 661 g/mol. The Morgan fingerprint density at radius 3 is 2.53 bits per heavy atom. The van der Waals surface area contributed by atoms with Crippen molar-refractivity contribution < 1.29 is 27.4 Å². The largest absolute Gasteiger partial charge is 0.497 e. The van der Waals surface area contributed by atoms with Crippen LogP contribution in [-0.4, -0.2) is 82.8 Å². The number of nitrogens with zero attached hydrogens (tertiary/aromatic N) is 6. The van der Waals surface area contributed by atoms with Crippen LogP contribution in [0.1, 0.15) is 0 Å². The van der Waals surface area contributed by atoms with Gasteiger partial charge in [0.1, 0.15) is 30.3 Å². The molecule has 3 N–H and O–H groups in total. The quantitative estimate of drug-likeness (QED) is 0.137. The topological polar surface area (TPSA) is 135 Å². The second kappa shape index (κ2) is 13.8. The van der Waals surface area contributed by atoms with E-state index in [1.165, 1.54) is 43.8 Å². The molecule has 1 saturated heterocycles. The Morgan fingerprint density at radius 2 is 1.86 bits per heavy atom. The van der Waals surface area contributed by atoms with Crippen LogP contribution in [0.25, 0.3) is 32.9 Å². The number of H-pyrrole nitrogens is 1. The zero-order chi connectivity index (χ0) is 34.7. The Morgan fingerprint density at radius 1 is 1.10 bits per heavy atom. The van der Waals surface area contributed by atoms with Crippen molar-refractivity contribution in [1.82, 2.24) is 25.1 Å². The van der Waals surface area contributed by atoms with Gasteiger partial charge in [0.25, 0.3) is 0 Å². The third-order valence-corrected chi connectivity index (χ3v) is 8.41. The number of alkyl halides is 3. The maximum atomic E-state index is 14.3. The fourth-order valence-electron chi connectivity index (χ4n) is 5.62. The third-order valence-electron chi connectivity index (χ3n) is 8.09. The Bertz CT molecular complexity index is 2090. The summed E-state index contributed by atoms with van der Waals surface area (Å²) in [6.45, 7) is 5.12. The van der Waals surface area contributed by atoms with E-state index >= 15 is 0 Å². The summed E-state index contributed by atoms with van der Waals surface area (Å²) in [6, 6.07) is 12.7. The van der Waals surface area contributed by atoms with Gasteiger partial charge in [0.15, 0.2) is 5.71 Å². The van der Waals surface area contributed by atoms with E-state index in [0.717, 1.165) is 6.20 Å². The van der Waals surface area contributed by atoms with Crippen molar-refractivity contribution in [3.63, 3.8) is 0 Å². The minimum absolute atomic E-state index is 0.0596. The van der Waals surface area contributed by atoms with Gasteiger partial charge in [-0.2, -0.15) is 18.3 Å². The van der Waals surface area contributed by atoms with Gasteiger partial charge in [-0.05, 0) is 54.6 Å². The van der Waals surface area contributed by atoms with Crippen molar-refractivity contribution in [2.75, 3.05) is 44.8 Å². The second-order valence-corrected chi connectivity index (χ2v) is 11.4. The molecule has 252 valence electrons. The first-order valence-electron chi connectivity index (χ1n) is 15.0. The number of piperazine rings is 1. The predicted octanol–water partition coefficient (Wildman–Crippen LogP) is 6.23. The van der Waals surface area contributed by atoms with Gasteiger partial charge in [0, 0.05) is 64.9 Å². The molecule has 3 aromatic carbocycles. The molecule has 15 heteroatoms. The number of fused-ring (bicyclic) bond motifs is 2. The van der Waals surface area contributed by atoms with Gasteiger partial charge in [-0.15, -0.1) is 0 Å². The first kappa shape index (κ1) is 33.3. The first-order chi connectivity index (χ1) is 23.6. The number of carbonyl (C=O) groups excluding carboxylic acids is 1. The van der Waals surface area contributed by atoms with E-state index in [0.29, 0.717) is 75.7 Å². The number of aliphatic imine (C=N–C) groups is 1. The van der Waals surface area contributed by atoms with E-state index in [2.05, 4.69) is 36.6 Å². The van der Waals surface area contributed by atoms with Gasteiger partial charge in [-0.25, -0.2) is 15.0 Å². The fourth-order valence-corrected chi connectivity index (χ4v) is 5.88. The van der Waals surface area contributed by atoms with Crippen LogP contribution in [0.2, 0.25) is 5.02 Å². The highest BCUT2D eigenvalue weighted by atomic mass is 35.5. The minimum Gasteiger partial charge on any atom is -0.497 e. The van der Waals surface area contributed by atoms with Crippen molar-refractivity contribution in [2.45, 2.75) is 6.18 Å². The number of aromatic nitrogens is 4. The number of halogens is 4. The zero-order valence-corrected chi connectivity index (χ0v) is 26.9. The number of nitrogens with one attached hydrogen (secondary N) is 1. The summed E-state index contributed by atoms with van der Waals surface area (Å²) < 4.78 is 54.0. The van der Waals surface area contributed by atoms with Crippen molar-refractivity contribution in [2.24, 2.45) is 10.7 Å². The van der Waals surface area contributed by atoms with Crippen LogP contribution in [-0.2, 0) is 4.79 Å². The van der Waals surface area contributed by atoms with Crippen molar-refractivity contribution >= 4 is 56.5 Å². The second-order valence-electron chi connectivity index (χ2n) is 11.0. The van der Waals surface area contributed by atoms with Crippen molar-refractivity contribution in [1.29, 1.82) is 0 Å². The Labute approximate surface area is 283 Å². The van der Waals surface area contributed by atoms with E-state index in [1.54, 1.807) is 35.4 Å². The van der Waals surface area contributed by atoms with Crippen LogP contribution in [0.5, 0.6) is 11.5 Å². The molecule has 6 rings (SSSR count). The summed E-state index contributed by atoms with van der Waals surface area (Å²) in [6.07, 6.45) is 0.332. The molecule has 0 saturated carbocycles. The van der Waals surface area contributed by atoms with Crippen molar-refractivity contribution in [3.8, 4) is 22.6 Å². The standard InChI is InChI=1S/C34H30ClF3N8O3/c1-3-30(47)45-10-12-46(13-11-45)33-24-14-26(35)23(15-28(24)40-19-41-33)31-25-17-42-44-27(25)8-9-29(31)49-18-20(16-39)32(34(36,37)38)43-21-4-6-22(48-2)7-5-21/h3-9,14-17,19H,1,10-13,18,39H2,2H3,(H,42,44). The Balaban J connectivity index is 1.35. The minimum atomic E-state index is -4.83. The van der Waals surface area contributed by atoms with E-state index in [1.807, 2.05) is 0 Å². The number of aromatic amines is 1. The first-order valence-corrected chi connectivity index (χ1v) is 15.4. The Hall–Kier alpha value is -5.63. The summed E-state index contributed by atoms with van der Waals surface area (Å²) in [5.74, 6) is 1.25. The smallest absolute Gasteiger partial charge is 0.433 e. The number of amides is 1. The molecule has 2 aromatic heterocycles. The number of carbonyl (C=O) groups is 1. The molecule has 0 spiro atoms. The normalized spacial score (nSPS) is 14.4. The molecular formula is C34H30ClF3N8O3. The molecule has 1 fully saturated rings. The summed E-state index contributed by atoms with van der Waals surface area (Å²) in [5, 5.41) is 8.71. The summed E-state index contributed by atoms with van der Waals surface area (Å²) in [4.78, 5) is 28.7. The summed E-state index contributed by atoms with van der Waals surface area (Å²) in [7, 11) is 1.45. The maximum Gasteiger partial charge on any atom is 0.433 e. The zero-order valence-electron chi connectivity index (χ0n) is 26.2. The molecule has 11 nitrogen and oxygen atoms in total. The fraction of sp³-hybridized carbons (Fsp3) is 0.206. The molecule has 1 aliphatic rings. The summed E-state index contributed by atoms with van der Waals surface area (Å²) in [5.41, 5.74) is 6.45. The van der Waals surface area contributed by atoms with Gasteiger partial charge < -0.3 is 25.0 Å². The predicted molar refractivity (Wildman–Crippen MR) is 183 cm³/mol. The van der Waals surface area contributed by atoms with Gasteiger partial charge in [0.05, 0.1) is 30.0 Å². The van der Waals surface area contributed by atoms with Gasteiger partial charge in [0.2, 0.25) is 5.91 Å². The molecule has 49 heavy (non-hydrogen) atoms. The molecule has 1 amide bonds. The van der Waals surface area contributed by atoms with E-state index < -0.39 is 18.5 Å². The molecule has 1 aliphatic heterocycles. The lowest BCUT2D eigenvalue weighted by Crippen LogP contribution is -2.48. The highest BCUT2D eigenvalue weighted by molar-refractivity contribution is 6.35. The molecule has 0 unspecified atom stereocenters.